The normalized spacial score (nSPS) is 34.9. The molecule has 0 aromatic carbocycles. The van der Waals surface area contributed by atoms with Crippen LogP contribution in [0.3, 0.4) is 0 Å². The van der Waals surface area contributed by atoms with Crippen molar-refractivity contribution in [3.8, 4) is 0 Å². The molecule has 2 N–H and O–H groups in total. The summed E-state index contributed by atoms with van der Waals surface area (Å²) in [5.41, 5.74) is -1.38. The van der Waals surface area contributed by atoms with Gasteiger partial charge < -0.3 is 10.4 Å². The molecule has 4 saturated carbocycles. The second kappa shape index (κ2) is 5.38. The van der Waals surface area contributed by atoms with E-state index in [4.69, 9.17) is 0 Å². The van der Waals surface area contributed by atoms with Gasteiger partial charge in [-0.1, -0.05) is 0 Å². The van der Waals surface area contributed by atoms with E-state index in [1.807, 2.05) is 0 Å². The van der Waals surface area contributed by atoms with Crippen LogP contribution in [-0.4, -0.2) is 29.2 Å². The van der Waals surface area contributed by atoms with Gasteiger partial charge in [-0.3, -0.25) is 9.59 Å². The van der Waals surface area contributed by atoms with Crippen LogP contribution in [-0.2, 0) is 9.59 Å². The summed E-state index contributed by atoms with van der Waals surface area (Å²) in [5, 5.41) is 12.0. The molecule has 0 spiro atoms. The monoisotopic (exact) mass is 333 g/mol. The van der Waals surface area contributed by atoms with Crippen LogP contribution in [0.2, 0.25) is 0 Å². The summed E-state index contributed by atoms with van der Waals surface area (Å²) >= 11 is 0. The molecule has 4 aliphatic rings. The van der Waals surface area contributed by atoms with Gasteiger partial charge in [0.15, 0.2) is 0 Å². The lowest BCUT2D eigenvalue weighted by Crippen LogP contribution is -2.54. The average Bonchev–Trinajstić information content (AvgIpc) is 3.31. The number of carbonyl (C=O) groups is 2. The van der Waals surface area contributed by atoms with Crippen molar-refractivity contribution in [1.29, 1.82) is 0 Å². The lowest BCUT2D eigenvalue weighted by Gasteiger charge is -2.50. The molecule has 1 amide bonds. The van der Waals surface area contributed by atoms with E-state index in [0.717, 1.165) is 12.8 Å². The highest BCUT2D eigenvalue weighted by Crippen LogP contribution is 2.57. The maximum Gasteiger partial charge on any atom is 0.391 e. The van der Waals surface area contributed by atoms with Crippen molar-refractivity contribution in [3.63, 3.8) is 0 Å². The van der Waals surface area contributed by atoms with Crippen LogP contribution >= 0.6 is 0 Å². The van der Waals surface area contributed by atoms with E-state index in [9.17, 15) is 27.9 Å². The van der Waals surface area contributed by atoms with E-state index in [2.05, 4.69) is 5.32 Å². The number of carboxylic acid groups (broad SMARTS) is 1. The van der Waals surface area contributed by atoms with Crippen LogP contribution in [0.5, 0.6) is 0 Å². The fraction of sp³-hybridized carbons (Fsp3) is 0.875. The lowest BCUT2D eigenvalue weighted by molar-refractivity contribution is -0.165. The molecule has 0 saturated heterocycles. The summed E-state index contributed by atoms with van der Waals surface area (Å²) in [6.45, 7) is 0. The van der Waals surface area contributed by atoms with Gasteiger partial charge in [-0.15, -0.1) is 0 Å². The molecule has 2 bridgehead atoms. The number of hydrogen-bond acceptors (Lipinski definition) is 2. The molecular weight excluding hydrogens is 311 g/mol. The second-order valence-corrected chi connectivity index (χ2v) is 7.60. The topological polar surface area (TPSA) is 66.4 Å². The summed E-state index contributed by atoms with van der Waals surface area (Å²) in [4.78, 5) is 24.1. The molecule has 0 aromatic heterocycles. The fourth-order valence-corrected chi connectivity index (χ4v) is 4.25. The summed E-state index contributed by atoms with van der Waals surface area (Å²) in [6, 6.07) is -0.829. The molecule has 0 radical (unpaired) electrons. The van der Waals surface area contributed by atoms with E-state index in [0.29, 0.717) is 38.5 Å². The van der Waals surface area contributed by atoms with Gasteiger partial charge in [-0.25, -0.2) is 0 Å². The van der Waals surface area contributed by atoms with Crippen LogP contribution in [0.1, 0.15) is 57.8 Å². The number of nitrogens with one attached hydrogen (secondary N) is 1. The smallest absolute Gasteiger partial charge is 0.391 e. The molecule has 1 unspecified atom stereocenters. The zero-order chi connectivity index (χ0) is 16.9. The molecule has 23 heavy (non-hydrogen) atoms. The van der Waals surface area contributed by atoms with E-state index in [1.54, 1.807) is 0 Å². The molecule has 1 atom stereocenters. The average molecular weight is 333 g/mol. The van der Waals surface area contributed by atoms with Crippen molar-refractivity contribution in [2.75, 3.05) is 0 Å². The SMILES string of the molecule is O=C(O)C12CCC(C(=O)NC(CC(F)(F)F)C3CC3)(CC1)CC2. The van der Waals surface area contributed by atoms with E-state index < -0.39 is 35.4 Å². The first-order valence-electron chi connectivity index (χ1n) is 8.27. The Morgan fingerprint density at radius 3 is 1.91 bits per heavy atom. The Morgan fingerprint density at radius 2 is 1.52 bits per heavy atom. The van der Waals surface area contributed by atoms with Crippen LogP contribution < -0.4 is 5.32 Å². The van der Waals surface area contributed by atoms with Gasteiger partial charge in [0, 0.05) is 11.5 Å². The Hall–Kier alpha value is -1.27. The molecule has 0 aromatic rings. The minimum atomic E-state index is -4.28. The van der Waals surface area contributed by atoms with Crippen LogP contribution in [0.4, 0.5) is 13.2 Å². The Kier molecular flexibility index (Phi) is 3.88. The standard InChI is InChI=1S/C16H22F3NO3/c17-16(18,19)9-11(10-1-2-10)20-12(21)14-3-6-15(7-4-14,8-5-14)13(22)23/h10-11H,1-9H2,(H,20,21)(H,22,23). The Morgan fingerprint density at radius 1 is 1.04 bits per heavy atom. The minimum Gasteiger partial charge on any atom is -0.481 e. The van der Waals surface area contributed by atoms with Gasteiger partial charge in [0.05, 0.1) is 11.8 Å². The summed E-state index contributed by atoms with van der Waals surface area (Å²) in [7, 11) is 0. The molecule has 4 rings (SSSR count). The van der Waals surface area contributed by atoms with Gasteiger partial charge in [-0.05, 0) is 57.3 Å². The number of aliphatic carboxylic acids is 1. The number of fused-ring (bicyclic) bond motifs is 3. The third-order valence-corrected chi connectivity index (χ3v) is 6.14. The molecule has 7 heteroatoms. The van der Waals surface area contributed by atoms with E-state index in [-0.39, 0.29) is 11.8 Å². The highest BCUT2D eigenvalue weighted by Gasteiger charge is 2.56. The number of hydrogen-bond donors (Lipinski definition) is 2. The first kappa shape index (κ1) is 16.6. The summed E-state index contributed by atoms with van der Waals surface area (Å²) in [6.07, 6.45) is -1.05. The number of halogens is 3. The van der Waals surface area contributed by atoms with Gasteiger partial charge in [-0.2, -0.15) is 13.2 Å². The largest absolute Gasteiger partial charge is 0.481 e. The van der Waals surface area contributed by atoms with Crippen LogP contribution in [0.15, 0.2) is 0 Å². The van der Waals surface area contributed by atoms with Gasteiger partial charge in [0.25, 0.3) is 0 Å². The van der Waals surface area contributed by atoms with Gasteiger partial charge >= 0.3 is 12.1 Å². The van der Waals surface area contributed by atoms with Crippen molar-refractivity contribution in [2.24, 2.45) is 16.7 Å². The maximum absolute atomic E-state index is 12.7. The minimum absolute atomic E-state index is 0.0673. The molecule has 130 valence electrons. The first-order valence-corrected chi connectivity index (χ1v) is 8.27. The molecule has 0 aliphatic heterocycles. The van der Waals surface area contributed by atoms with E-state index in [1.165, 1.54) is 0 Å². The first-order chi connectivity index (χ1) is 10.7. The molecular formula is C16H22F3NO3. The number of amides is 1. The van der Waals surface area contributed by atoms with Crippen molar-refractivity contribution < 1.29 is 27.9 Å². The van der Waals surface area contributed by atoms with Crippen LogP contribution in [0.25, 0.3) is 0 Å². The molecule has 4 fully saturated rings. The fourth-order valence-electron chi connectivity index (χ4n) is 4.25. The Bertz CT molecular complexity index is 489. The zero-order valence-corrected chi connectivity index (χ0v) is 12.9. The van der Waals surface area contributed by atoms with Crippen LogP contribution in [0, 0.1) is 16.7 Å². The summed E-state index contributed by atoms with van der Waals surface area (Å²) < 4.78 is 38.1. The molecule has 0 heterocycles. The molecule has 4 nitrogen and oxygen atoms in total. The quantitative estimate of drug-likeness (QED) is 0.811. The maximum atomic E-state index is 12.7. The molecule has 4 aliphatic carbocycles. The number of alkyl halides is 3. The van der Waals surface area contributed by atoms with Gasteiger partial charge in [0.2, 0.25) is 5.91 Å². The third kappa shape index (κ3) is 3.19. The predicted octanol–water partition coefficient (Wildman–Crippen LogP) is 3.26. The summed E-state index contributed by atoms with van der Waals surface area (Å²) in [5.74, 6) is -1.17. The van der Waals surface area contributed by atoms with Crippen molar-refractivity contribution in [3.05, 3.63) is 0 Å². The van der Waals surface area contributed by atoms with Crippen molar-refractivity contribution in [1.82, 2.24) is 5.32 Å². The predicted molar refractivity (Wildman–Crippen MR) is 75.5 cm³/mol. The van der Waals surface area contributed by atoms with E-state index >= 15 is 0 Å². The van der Waals surface area contributed by atoms with Gasteiger partial charge in [0.1, 0.15) is 0 Å². The Labute approximate surface area is 132 Å². The zero-order valence-electron chi connectivity index (χ0n) is 12.9. The number of carbonyl (C=O) groups excluding carboxylic acids is 1. The number of rotatable bonds is 5. The lowest BCUT2D eigenvalue weighted by atomic mass is 9.53. The van der Waals surface area contributed by atoms with Crippen molar-refractivity contribution >= 4 is 11.9 Å². The highest BCUT2D eigenvalue weighted by atomic mass is 19.4. The number of carboxylic acids is 1. The van der Waals surface area contributed by atoms with Crippen molar-refractivity contribution in [2.45, 2.75) is 70.0 Å². The third-order valence-electron chi connectivity index (χ3n) is 6.14. The highest BCUT2D eigenvalue weighted by molar-refractivity contribution is 5.85. The Balaban J connectivity index is 1.65. The second-order valence-electron chi connectivity index (χ2n) is 7.60.